The number of aryl methyl sites for hydroxylation is 1. The van der Waals surface area contributed by atoms with Crippen molar-refractivity contribution >= 4 is 21.4 Å². The molecule has 0 saturated heterocycles. The van der Waals surface area contributed by atoms with Crippen molar-refractivity contribution in [3.05, 3.63) is 53.6 Å². The molecular weight excluding hydrogens is 272 g/mol. The molecule has 0 atom stereocenters. The maximum atomic E-state index is 12.3. The van der Waals surface area contributed by atoms with Crippen LogP contribution in [-0.2, 0) is 16.4 Å². The summed E-state index contributed by atoms with van der Waals surface area (Å²) in [6.45, 7) is 2.78. The van der Waals surface area contributed by atoms with Gasteiger partial charge in [0.25, 0.3) is 10.0 Å². The number of nitrogens with one attached hydrogen (secondary N) is 2. The van der Waals surface area contributed by atoms with Gasteiger partial charge in [0.2, 0.25) is 0 Å². The molecule has 0 spiro atoms. The Bertz CT molecular complexity index is 754. The molecule has 4 nitrogen and oxygen atoms in total. The van der Waals surface area contributed by atoms with Gasteiger partial charge in [-0.2, -0.15) is 0 Å². The normalized spacial score (nSPS) is 13.7. The number of rotatable bonds is 3. The number of hydrogen-bond donors (Lipinski definition) is 2. The van der Waals surface area contributed by atoms with Gasteiger partial charge in [0.15, 0.2) is 0 Å². The molecule has 0 aliphatic carbocycles. The van der Waals surface area contributed by atoms with Crippen LogP contribution in [0.1, 0.15) is 11.1 Å². The van der Waals surface area contributed by atoms with Crippen LogP contribution in [0, 0.1) is 6.92 Å². The number of sulfonamides is 1. The molecule has 2 aromatic rings. The lowest BCUT2D eigenvalue weighted by molar-refractivity contribution is 0.601. The summed E-state index contributed by atoms with van der Waals surface area (Å²) in [5.41, 5.74) is 3.76. The summed E-state index contributed by atoms with van der Waals surface area (Å²) in [6.07, 6.45) is 0.926. The van der Waals surface area contributed by atoms with Crippen LogP contribution in [0.2, 0.25) is 0 Å². The summed E-state index contributed by atoms with van der Waals surface area (Å²) in [5, 5.41) is 3.25. The van der Waals surface area contributed by atoms with Gasteiger partial charge in [-0.05, 0) is 54.8 Å². The molecule has 1 heterocycles. The van der Waals surface area contributed by atoms with E-state index >= 15 is 0 Å². The van der Waals surface area contributed by atoms with Crippen molar-refractivity contribution in [3.8, 4) is 0 Å². The third-order valence-corrected chi connectivity index (χ3v) is 4.75. The summed E-state index contributed by atoms with van der Waals surface area (Å²) in [5.74, 6) is 0. The molecule has 0 fully saturated rings. The van der Waals surface area contributed by atoms with Crippen molar-refractivity contribution < 1.29 is 8.42 Å². The van der Waals surface area contributed by atoms with E-state index < -0.39 is 10.0 Å². The van der Waals surface area contributed by atoms with Crippen LogP contribution in [0.3, 0.4) is 0 Å². The lowest BCUT2D eigenvalue weighted by Gasteiger charge is -2.10. The lowest BCUT2D eigenvalue weighted by atomic mass is 10.1. The van der Waals surface area contributed by atoms with Gasteiger partial charge < -0.3 is 5.32 Å². The first kappa shape index (κ1) is 13.0. The zero-order valence-electron chi connectivity index (χ0n) is 11.2. The third kappa shape index (κ3) is 2.49. The number of hydrogen-bond acceptors (Lipinski definition) is 3. The molecule has 2 aromatic carbocycles. The molecule has 1 aliphatic heterocycles. The highest BCUT2D eigenvalue weighted by Crippen LogP contribution is 2.26. The quantitative estimate of drug-likeness (QED) is 0.913. The van der Waals surface area contributed by atoms with E-state index in [1.807, 2.05) is 25.1 Å². The van der Waals surface area contributed by atoms with Gasteiger partial charge in [-0.3, -0.25) is 4.72 Å². The van der Waals surface area contributed by atoms with Gasteiger partial charge in [-0.15, -0.1) is 0 Å². The van der Waals surface area contributed by atoms with Crippen LogP contribution in [0.25, 0.3) is 0 Å². The Morgan fingerprint density at radius 2 is 2.00 bits per heavy atom. The summed E-state index contributed by atoms with van der Waals surface area (Å²) in [7, 11) is -3.52. The Morgan fingerprint density at radius 1 is 1.15 bits per heavy atom. The fourth-order valence-corrected chi connectivity index (χ4v) is 3.52. The number of fused-ring (bicyclic) bond motifs is 1. The van der Waals surface area contributed by atoms with Crippen molar-refractivity contribution in [1.29, 1.82) is 0 Å². The minimum atomic E-state index is -3.52. The third-order valence-electron chi connectivity index (χ3n) is 3.37. The van der Waals surface area contributed by atoms with Gasteiger partial charge in [0.05, 0.1) is 4.90 Å². The second-order valence-corrected chi connectivity index (χ2v) is 6.65. The van der Waals surface area contributed by atoms with Crippen molar-refractivity contribution in [2.75, 3.05) is 16.6 Å². The van der Waals surface area contributed by atoms with Gasteiger partial charge >= 0.3 is 0 Å². The van der Waals surface area contributed by atoms with Gasteiger partial charge in [-0.25, -0.2) is 8.42 Å². The molecule has 20 heavy (non-hydrogen) atoms. The molecule has 104 valence electrons. The van der Waals surface area contributed by atoms with Crippen LogP contribution in [0.5, 0.6) is 0 Å². The van der Waals surface area contributed by atoms with Crippen LogP contribution >= 0.6 is 0 Å². The molecule has 2 N–H and O–H groups in total. The second-order valence-electron chi connectivity index (χ2n) is 4.97. The van der Waals surface area contributed by atoms with E-state index in [4.69, 9.17) is 0 Å². The van der Waals surface area contributed by atoms with E-state index in [2.05, 4.69) is 10.0 Å². The molecule has 1 aliphatic rings. The monoisotopic (exact) mass is 288 g/mol. The van der Waals surface area contributed by atoms with Crippen LogP contribution in [-0.4, -0.2) is 15.0 Å². The molecule has 0 radical (unpaired) electrons. The molecule has 0 saturated carbocycles. The van der Waals surface area contributed by atoms with Gasteiger partial charge in [0.1, 0.15) is 0 Å². The highest BCUT2D eigenvalue weighted by atomic mass is 32.2. The van der Waals surface area contributed by atoms with E-state index in [0.29, 0.717) is 5.69 Å². The largest absolute Gasteiger partial charge is 0.384 e. The SMILES string of the molecule is Cc1cccc(S(=O)(=O)Nc2ccc3c(c2)CCN3)c1. The average molecular weight is 288 g/mol. The van der Waals surface area contributed by atoms with E-state index in [1.54, 1.807) is 24.3 Å². The van der Waals surface area contributed by atoms with Gasteiger partial charge in [-0.1, -0.05) is 12.1 Å². The van der Waals surface area contributed by atoms with Crippen LogP contribution in [0.4, 0.5) is 11.4 Å². The van der Waals surface area contributed by atoms with Crippen LogP contribution < -0.4 is 10.0 Å². The molecule has 0 aromatic heterocycles. The van der Waals surface area contributed by atoms with Crippen LogP contribution in [0.15, 0.2) is 47.4 Å². The smallest absolute Gasteiger partial charge is 0.261 e. The first-order valence-corrected chi connectivity index (χ1v) is 7.99. The van der Waals surface area contributed by atoms with E-state index in [9.17, 15) is 8.42 Å². The molecule has 0 amide bonds. The standard InChI is InChI=1S/C15H16N2O2S/c1-11-3-2-4-14(9-11)20(18,19)17-13-5-6-15-12(10-13)7-8-16-15/h2-6,9-10,16-17H,7-8H2,1H3. The van der Waals surface area contributed by atoms with Crippen molar-refractivity contribution in [3.63, 3.8) is 0 Å². The minimum absolute atomic E-state index is 0.288. The summed E-state index contributed by atoms with van der Waals surface area (Å²) < 4.78 is 27.3. The fraction of sp³-hybridized carbons (Fsp3) is 0.200. The van der Waals surface area contributed by atoms with Crippen molar-refractivity contribution in [2.24, 2.45) is 0 Å². The minimum Gasteiger partial charge on any atom is -0.384 e. The Kier molecular flexibility index (Phi) is 3.14. The summed E-state index contributed by atoms with van der Waals surface area (Å²) in [6, 6.07) is 12.5. The Morgan fingerprint density at radius 3 is 2.80 bits per heavy atom. The van der Waals surface area contributed by atoms with Gasteiger partial charge in [0, 0.05) is 17.9 Å². The first-order valence-electron chi connectivity index (χ1n) is 6.51. The number of benzene rings is 2. The Balaban J connectivity index is 1.90. The zero-order chi connectivity index (χ0) is 14.2. The predicted octanol–water partition coefficient (Wildman–Crippen LogP) is 2.76. The molecule has 0 bridgehead atoms. The van der Waals surface area contributed by atoms with E-state index in [1.165, 1.54) is 0 Å². The highest BCUT2D eigenvalue weighted by Gasteiger charge is 2.16. The lowest BCUT2D eigenvalue weighted by Crippen LogP contribution is -2.13. The van der Waals surface area contributed by atoms with Crippen molar-refractivity contribution in [1.82, 2.24) is 0 Å². The number of anilines is 2. The molecule has 0 unspecified atom stereocenters. The van der Waals surface area contributed by atoms with E-state index in [-0.39, 0.29) is 4.90 Å². The first-order chi connectivity index (χ1) is 9.54. The maximum Gasteiger partial charge on any atom is 0.261 e. The highest BCUT2D eigenvalue weighted by molar-refractivity contribution is 7.92. The maximum absolute atomic E-state index is 12.3. The summed E-state index contributed by atoms with van der Waals surface area (Å²) >= 11 is 0. The fourth-order valence-electron chi connectivity index (χ4n) is 2.36. The molecular formula is C15H16N2O2S. The topological polar surface area (TPSA) is 58.2 Å². The summed E-state index contributed by atoms with van der Waals surface area (Å²) in [4.78, 5) is 0.288. The zero-order valence-corrected chi connectivity index (χ0v) is 12.0. The Hall–Kier alpha value is -2.01. The molecule has 5 heteroatoms. The second kappa shape index (κ2) is 4.83. The Labute approximate surface area is 118 Å². The van der Waals surface area contributed by atoms with Crippen molar-refractivity contribution in [2.45, 2.75) is 18.2 Å². The van der Waals surface area contributed by atoms with E-state index in [0.717, 1.165) is 29.8 Å². The predicted molar refractivity (Wildman–Crippen MR) is 80.6 cm³/mol. The molecule has 3 rings (SSSR count). The average Bonchev–Trinajstić information content (AvgIpc) is 2.85.